The lowest BCUT2D eigenvalue weighted by molar-refractivity contribution is -0.141. The summed E-state index contributed by atoms with van der Waals surface area (Å²) in [4.78, 5) is 29.3. The number of amides is 2. The number of ether oxygens (including phenoxy) is 4. The molecule has 0 aliphatic heterocycles. The van der Waals surface area contributed by atoms with Gasteiger partial charge in [-0.15, -0.1) is 0 Å². The number of hydrogen-bond acceptors (Lipinski definition) is 8. The van der Waals surface area contributed by atoms with Gasteiger partial charge in [0, 0.05) is 24.2 Å². The molecule has 1 atom stereocenters. The minimum absolute atomic E-state index is 0.0764. The zero-order chi connectivity index (χ0) is 34.2. The summed E-state index contributed by atoms with van der Waals surface area (Å²) in [6.45, 7) is 8.77. The molecule has 0 aliphatic rings. The van der Waals surface area contributed by atoms with Gasteiger partial charge in [0.25, 0.3) is 10.0 Å². The highest BCUT2D eigenvalue weighted by Crippen LogP contribution is 2.38. The molecule has 0 fully saturated rings. The van der Waals surface area contributed by atoms with Crippen LogP contribution in [0.1, 0.15) is 45.2 Å². The fourth-order valence-corrected chi connectivity index (χ4v) is 6.30. The summed E-state index contributed by atoms with van der Waals surface area (Å²) < 4.78 is 51.5. The number of benzene rings is 3. The molecule has 0 radical (unpaired) electrons. The van der Waals surface area contributed by atoms with Crippen molar-refractivity contribution in [2.75, 3.05) is 39.3 Å². The third-order valence-corrected chi connectivity index (χ3v) is 8.99. The predicted molar refractivity (Wildman–Crippen MR) is 177 cm³/mol. The number of aryl methyl sites for hydroxylation is 1. The van der Waals surface area contributed by atoms with Crippen LogP contribution in [0.4, 0.5) is 5.69 Å². The summed E-state index contributed by atoms with van der Waals surface area (Å²) in [5, 5.41) is 2.97. The highest BCUT2D eigenvalue weighted by atomic mass is 32.2. The number of carbonyl (C=O) groups is 2. The minimum atomic E-state index is -4.44. The first-order valence-electron chi connectivity index (χ1n) is 14.8. The molecule has 0 heterocycles. The first-order valence-corrected chi connectivity index (χ1v) is 16.3. The van der Waals surface area contributed by atoms with E-state index in [9.17, 15) is 18.0 Å². The summed E-state index contributed by atoms with van der Waals surface area (Å²) in [5.74, 6) is 0.138. The second kappa shape index (κ2) is 15.2. The summed E-state index contributed by atoms with van der Waals surface area (Å²) in [5.41, 5.74) is 1.35. The van der Waals surface area contributed by atoms with Crippen LogP contribution in [-0.4, -0.2) is 71.7 Å². The molecule has 3 rings (SSSR count). The molecule has 3 aromatic carbocycles. The molecular weight excluding hydrogens is 610 g/mol. The Morgan fingerprint density at radius 2 is 1.43 bits per heavy atom. The molecule has 0 aliphatic carbocycles. The van der Waals surface area contributed by atoms with E-state index < -0.39 is 34.1 Å². The van der Waals surface area contributed by atoms with Gasteiger partial charge in [-0.05, 0) is 63.9 Å². The van der Waals surface area contributed by atoms with Gasteiger partial charge in [0.05, 0.1) is 39.0 Å². The molecule has 12 heteroatoms. The molecule has 0 spiro atoms. The van der Waals surface area contributed by atoms with E-state index >= 15 is 0 Å². The fourth-order valence-electron chi connectivity index (χ4n) is 4.87. The number of hydrogen-bond donors (Lipinski definition) is 1. The molecule has 0 saturated heterocycles. The zero-order valence-electron chi connectivity index (χ0n) is 28.0. The molecule has 11 nitrogen and oxygen atoms in total. The smallest absolute Gasteiger partial charge is 0.265 e. The van der Waals surface area contributed by atoms with Crippen molar-refractivity contribution >= 4 is 27.5 Å². The molecule has 250 valence electrons. The van der Waals surface area contributed by atoms with E-state index in [4.69, 9.17) is 18.9 Å². The quantitative estimate of drug-likeness (QED) is 0.259. The topological polar surface area (TPSA) is 124 Å². The zero-order valence-corrected chi connectivity index (χ0v) is 28.9. The van der Waals surface area contributed by atoms with Crippen LogP contribution in [0.2, 0.25) is 0 Å². The van der Waals surface area contributed by atoms with Crippen LogP contribution >= 0.6 is 0 Å². The van der Waals surface area contributed by atoms with Crippen LogP contribution < -0.4 is 28.6 Å². The average Bonchev–Trinajstić information content (AvgIpc) is 3.02. The maximum atomic E-state index is 14.5. The van der Waals surface area contributed by atoms with Crippen LogP contribution in [0, 0.1) is 6.92 Å². The summed E-state index contributed by atoms with van der Waals surface area (Å²) in [6.07, 6.45) is 0.296. The van der Waals surface area contributed by atoms with Crippen LogP contribution in [0.15, 0.2) is 65.6 Å². The van der Waals surface area contributed by atoms with Gasteiger partial charge in [0.2, 0.25) is 11.8 Å². The predicted octanol–water partition coefficient (Wildman–Crippen LogP) is 4.95. The largest absolute Gasteiger partial charge is 0.497 e. The van der Waals surface area contributed by atoms with Gasteiger partial charge in [-0.2, -0.15) is 0 Å². The Morgan fingerprint density at radius 1 is 0.826 bits per heavy atom. The van der Waals surface area contributed by atoms with Gasteiger partial charge in [0.15, 0.2) is 11.5 Å². The first kappa shape index (κ1) is 36.0. The Kier molecular flexibility index (Phi) is 11.9. The lowest BCUT2D eigenvalue weighted by Crippen LogP contribution is -2.55. The van der Waals surface area contributed by atoms with Gasteiger partial charge in [-0.3, -0.25) is 13.9 Å². The van der Waals surface area contributed by atoms with Gasteiger partial charge in [-0.25, -0.2) is 8.42 Å². The summed E-state index contributed by atoms with van der Waals surface area (Å²) in [7, 11) is 1.26. The molecule has 3 aromatic rings. The molecule has 46 heavy (non-hydrogen) atoms. The van der Waals surface area contributed by atoms with E-state index in [1.807, 2.05) is 58.9 Å². The van der Waals surface area contributed by atoms with Crippen molar-refractivity contribution in [2.45, 2.75) is 64.1 Å². The third kappa shape index (κ3) is 8.63. The number of nitrogens with one attached hydrogen (secondary N) is 1. The number of carbonyl (C=O) groups excluding carboxylic acids is 2. The van der Waals surface area contributed by atoms with Crippen LogP contribution in [0.3, 0.4) is 0 Å². The molecule has 0 unspecified atom stereocenters. The van der Waals surface area contributed by atoms with E-state index in [-0.39, 0.29) is 34.5 Å². The number of nitrogens with zero attached hydrogens (tertiary/aromatic N) is 2. The van der Waals surface area contributed by atoms with Crippen LogP contribution in [0.25, 0.3) is 0 Å². The third-order valence-electron chi connectivity index (χ3n) is 7.23. The van der Waals surface area contributed by atoms with E-state index in [0.717, 1.165) is 15.4 Å². The average molecular weight is 656 g/mol. The second-order valence-electron chi connectivity index (χ2n) is 11.7. The number of methoxy groups -OCH3 is 4. The summed E-state index contributed by atoms with van der Waals surface area (Å²) >= 11 is 0. The Morgan fingerprint density at radius 3 is 1.98 bits per heavy atom. The van der Waals surface area contributed by atoms with E-state index in [2.05, 4.69) is 5.32 Å². The van der Waals surface area contributed by atoms with E-state index in [0.29, 0.717) is 17.9 Å². The van der Waals surface area contributed by atoms with E-state index in [1.165, 1.54) is 57.6 Å². The Balaban J connectivity index is 2.20. The standard InChI is InChI=1S/C34H45N3O8S/c1-10-27(33(39)35-34(3,4)5)36(21-24-13-11-23(2)12-14-24)32(38)22-37(28-19-25(42-6)15-17-29(28)43-7)46(40,41)26-16-18-30(44-8)31(20-26)45-9/h11-20,27H,10,21-22H2,1-9H3,(H,35,39)/t27-/m0/s1. The highest BCUT2D eigenvalue weighted by Gasteiger charge is 2.36. The molecule has 0 aromatic heterocycles. The monoisotopic (exact) mass is 655 g/mol. The number of rotatable bonds is 14. The highest BCUT2D eigenvalue weighted by molar-refractivity contribution is 7.92. The fraction of sp³-hybridized carbons (Fsp3) is 0.412. The Labute approximate surface area is 272 Å². The van der Waals surface area contributed by atoms with Crippen LogP contribution in [0.5, 0.6) is 23.0 Å². The maximum absolute atomic E-state index is 14.5. The van der Waals surface area contributed by atoms with Gasteiger partial charge in [0.1, 0.15) is 24.1 Å². The maximum Gasteiger partial charge on any atom is 0.265 e. The summed E-state index contributed by atoms with van der Waals surface area (Å²) in [6, 6.07) is 15.6. The van der Waals surface area contributed by atoms with Crippen molar-refractivity contribution in [3.05, 3.63) is 71.8 Å². The molecule has 0 saturated carbocycles. The van der Waals surface area contributed by atoms with Gasteiger partial charge >= 0.3 is 0 Å². The SMILES string of the molecule is CC[C@@H](C(=O)NC(C)(C)C)N(Cc1ccc(C)cc1)C(=O)CN(c1cc(OC)ccc1OC)S(=O)(=O)c1ccc(OC)c(OC)c1. The lowest BCUT2D eigenvalue weighted by Gasteiger charge is -2.35. The molecular formula is C34H45N3O8S. The van der Waals surface area contributed by atoms with Crippen LogP contribution in [-0.2, 0) is 26.2 Å². The van der Waals surface area contributed by atoms with Crippen molar-refractivity contribution in [1.82, 2.24) is 10.2 Å². The normalized spacial score (nSPS) is 12.1. The van der Waals surface area contributed by atoms with Gasteiger partial charge in [-0.1, -0.05) is 36.8 Å². The van der Waals surface area contributed by atoms with Crippen molar-refractivity contribution in [3.63, 3.8) is 0 Å². The van der Waals surface area contributed by atoms with Crippen molar-refractivity contribution in [1.29, 1.82) is 0 Å². The Hall–Kier alpha value is -4.45. The molecule has 0 bridgehead atoms. The number of sulfonamides is 1. The lowest BCUT2D eigenvalue weighted by atomic mass is 10.1. The second-order valence-corrected chi connectivity index (χ2v) is 13.6. The van der Waals surface area contributed by atoms with Crippen molar-refractivity contribution in [2.24, 2.45) is 0 Å². The number of anilines is 1. The minimum Gasteiger partial charge on any atom is -0.497 e. The van der Waals surface area contributed by atoms with E-state index in [1.54, 1.807) is 12.1 Å². The molecule has 1 N–H and O–H groups in total. The first-order chi connectivity index (χ1) is 21.7. The Bertz CT molecular complexity index is 1620. The van der Waals surface area contributed by atoms with Crippen molar-refractivity contribution < 1.29 is 37.0 Å². The van der Waals surface area contributed by atoms with Crippen molar-refractivity contribution in [3.8, 4) is 23.0 Å². The van der Waals surface area contributed by atoms with Gasteiger partial charge < -0.3 is 29.2 Å². The molecule has 2 amide bonds.